The lowest BCUT2D eigenvalue weighted by atomic mass is 10.2. The van der Waals surface area contributed by atoms with Gasteiger partial charge in [0, 0.05) is 18.7 Å². The number of benzene rings is 1. The van der Waals surface area contributed by atoms with E-state index < -0.39 is 5.82 Å². The molecule has 0 saturated heterocycles. The zero-order valence-corrected chi connectivity index (χ0v) is 12.6. The standard InChI is InChI=1S/C13H13Cl2FN4/c1-3-20(4-2)13-18-11(17-12(15)19-13)9-7-8(16)5-6-10(9)14/h5-7H,3-4H2,1-2H3. The van der Waals surface area contributed by atoms with E-state index in [1.807, 2.05) is 18.7 Å². The van der Waals surface area contributed by atoms with Gasteiger partial charge in [-0.05, 0) is 43.6 Å². The van der Waals surface area contributed by atoms with Crippen LogP contribution >= 0.6 is 23.2 Å². The van der Waals surface area contributed by atoms with Gasteiger partial charge in [0.05, 0.1) is 5.02 Å². The average Bonchev–Trinajstić information content (AvgIpc) is 2.42. The third-order valence-electron chi connectivity index (χ3n) is 2.81. The Hall–Kier alpha value is -1.46. The van der Waals surface area contributed by atoms with Gasteiger partial charge < -0.3 is 4.90 Å². The average molecular weight is 315 g/mol. The molecular formula is C13H13Cl2FN4. The van der Waals surface area contributed by atoms with Crippen LogP contribution in [0.25, 0.3) is 11.4 Å². The van der Waals surface area contributed by atoms with Crippen molar-refractivity contribution in [2.75, 3.05) is 18.0 Å². The molecule has 1 aromatic carbocycles. The van der Waals surface area contributed by atoms with Crippen molar-refractivity contribution in [1.29, 1.82) is 0 Å². The van der Waals surface area contributed by atoms with E-state index in [1.165, 1.54) is 18.2 Å². The number of nitrogens with zero attached hydrogens (tertiary/aromatic N) is 4. The Morgan fingerprint density at radius 1 is 1.10 bits per heavy atom. The summed E-state index contributed by atoms with van der Waals surface area (Å²) in [4.78, 5) is 14.3. The molecule has 0 aliphatic carbocycles. The van der Waals surface area contributed by atoms with Gasteiger partial charge in [0.2, 0.25) is 11.2 Å². The number of hydrogen-bond donors (Lipinski definition) is 0. The van der Waals surface area contributed by atoms with E-state index in [-0.39, 0.29) is 11.1 Å². The molecule has 2 aromatic rings. The molecule has 0 amide bonds. The second-order valence-corrected chi connectivity index (χ2v) is 4.77. The summed E-state index contributed by atoms with van der Waals surface area (Å²) in [6.45, 7) is 5.42. The van der Waals surface area contributed by atoms with Crippen LogP contribution < -0.4 is 4.90 Å². The van der Waals surface area contributed by atoms with Crippen molar-refractivity contribution < 1.29 is 4.39 Å². The first-order chi connectivity index (χ1) is 9.55. The molecule has 0 unspecified atom stereocenters. The summed E-state index contributed by atoms with van der Waals surface area (Å²) in [5.41, 5.74) is 0.393. The molecule has 0 fully saturated rings. The minimum atomic E-state index is -0.412. The van der Waals surface area contributed by atoms with Crippen LogP contribution in [0, 0.1) is 5.82 Å². The fourth-order valence-corrected chi connectivity index (χ4v) is 2.13. The molecule has 106 valence electrons. The van der Waals surface area contributed by atoms with Gasteiger partial charge in [-0.25, -0.2) is 4.39 Å². The smallest absolute Gasteiger partial charge is 0.230 e. The van der Waals surface area contributed by atoms with Gasteiger partial charge in [-0.2, -0.15) is 15.0 Å². The Morgan fingerprint density at radius 3 is 2.45 bits per heavy atom. The van der Waals surface area contributed by atoms with E-state index in [9.17, 15) is 4.39 Å². The molecule has 0 atom stereocenters. The molecule has 7 heteroatoms. The molecule has 2 rings (SSSR count). The van der Waals surface area contributed by atoms with E-state index in [1.54, 1.807) is 0 Å². The fourth-order valence-electron chi connectivity index (χ4n) is 1.78. The van der Waals surface area contributed by atoms with Crippen LogP contribution in [-0.2, 0) is 0 Å². The fraction of sp³-hybridized carbons (Fsp3) is 0.308. The quantitative estimate of drug-likeness (QED) is 0.860. The molecule has 0 N–H and O–H groups in total. The summed E-state index contributed by atoms with van der Waals surface area (Å²) >= 11 is 12.0. The first-order valence-corrected chi connectivity index (χ1v) is 6.92. The molecule has 20 heavy (non-hydrogen) atoms. The Bertz CT molecular complexity index is 617. The Kier molecular flexibility index (Phi) is 4.73. The highest BCUT2D eigenvalue weighted by Gasteiger charge is 2.14. The lowest BCUT2D eigenvalue weighted by molar-refractivity contribution is 0.628. The van der Waals surface area contributed by atoms with Crippen LogP contribution in [0.3, 0.4) is 0 Å². The maximum Gasteiger partial charge on any atom is 0.230 e. The Labute approximate surface area is 126 Å². The predicted molar refractivity (Wildman–Crippen MR) is 78.8 cm³/mol. The largest absolute Gasteiger partial charge is 0.341 e. The van der Waals surface area contributed by atoms with Crippen molar-refractivity contribution in [3.05, 3.63) is 34.3 Å². The third-order valence-corrected chi connectivity index (χ3v) is 3.31. The number of anilines is 1. The lowest BCUT2D eigenvalue weighted by Crippen LogP contribution is -2.24. The van der Waals surface area contributed by atoms with E-state index in [2.05, 4.69) is 15.0 Å². The predicted octanol–water partition coefficient (Wildman–Crippen LogP) is 3.83. The molecule has 0 bridgehead atoms. The van der Waals surface area contributed by atoms with Crippen molar-refractivity contribution in [2.24, 2.45) is 0 Å². The second-order valence-electron chi connectivity index (χ2n) is 4.02. The summed E-state index contributed by atoms with van der Waals surface area (Å²) in [5.74, 6) is 0.298. The van der Waals surface area contributed by atoms with Gasteiger partial charge in [0.1, 0.15) is 5.82 Å². The third kappa shape index (κ3) is 3.16. The number of rotatable bonds is 4. The molecular weight excluding hydrogens is 302 g/mol. The minimum Gasteiger partial charge on any atom is -0.341 e. The van der Waals surface area contributed by atoms with Crippen LogP contribution in [-0.4, -0.2) is 28.0 Å². The lowest BCUT2D eigenvalue weighted by Gasteiger charge is -2.18. The van der Waals surface area contributed by atoms with E-state index in [4.69, 9.17) is 23.2 Å². The monoisotopic (exact) mass is 314 g/mol. The van der Waals surface area contributed by atoms with Crippen LogP contribution in [0.5, 0.6) is 0 Å². The maximum absolute atomic E-state index is 13.4. The summed E-state index contributed by atoms with van der Waals surface area (Å²) < 4.78 is 13.4. The summed E-state index contributed by atoms with van der Waals surface area (Å²) in [5, 5.41) is 0.413. The van der Waals surface area contributed by atoms with Gasteiger partial charge in [0.15, 0.2) is 5.82 Å². The summed E-state index contributed by atoms with van der Waals surface area (Å²) in [6, 6.07) is 4.01. The molecule has 0 aliphatic rings. The molecule has 1 aromatic heterocycles. The van der Waals surface area contributed by atoms with Gasteiger partial charge in [-0.3, -0.25) is 0 Å². The summed E-state index contributed by atoms with van der Waals surface area (Å²) in [7, 11) is 0. The first kappa shape index (κ1) is 14.9. The van der Waals surface area contributed by atoms with Crippen LogP contribution in [0.2, 0.25) is 10.3 Å². The highest BCUT2D eigenvalue weighted by molar-refractivity contribution is 6.33. The maximum atomic E-state index is 13.4. The van der Waals surface area contributed by atoms with Crippen LogP contribution in [0.1, 0.15) is 13.8 Å². The summed E-state index contributed by atoms with van der Waals surface area (Å²) in [6.07, 6.45) is 0. The highest BCUT2D eigenvalue weighted by Crippen LogP contribution is 2.27. The topological polar surface area (TPSA) is 41.9 Å². The van der Waals surface area contributed by atoms with Gasteiger partial charge in [-0.1, -0.05) is 11.6 Å². The zero-order chi connectivity index (χ0) is 14.7. The first-order valence-electron chi connectivity index (χ1n) is 6.17. The van der Waals surface area contributed by atoms with Gasteiger partial charge in [0.25, 0.3) is 0 Å². The Morgan fingerprint density at radius 2 is 1.80 bits per heavy atom. The molecule has 0 aliphatic heterocycles. The van der Waals surface area contributed by atoms with Crippen molar-refractivity contribution in [3.63, 3.8) is 0 Å². The highest BCUT2D eigenvalue weighted by atomic mass is 35.5. The molecule has 0 spiro atoms. The van der Waals surface area contributed by atoms with Crippen LogP contribution in [0.4, 0.5) is 10.3 Å². The second kappa shape index (κ2) is 6.33. The van der Waals surface area contributed by atoms with Gasteiger partial charge in [-0.15, -0.1) is 0 Å². The van der Waals surface area contributed by atoms with Crippen molar-refractivity contribution >= 4 is 29.2 Å². The van der Waals surface area contributed by atoms with Crippen molar-refractivity contribution in [1.82, 2.24) is 15.0 Å². The molecule has 1 heterocycles. The minimum absolute atomic E-state index is 0.0530. The number of halogens is 3. The molecule has 4 nitrogen and oxygen atoms in total. The van der Waals surface area contributed by atoms with Crippen molar-refractivity contribution in [3.8, 4) is 11.4 Å². The van der Waals surface area contributed by atoms with Crippen LogP contribution in [0.15, 0.2) is 18.2 Å². The Balaban J connectivity index is 2.54. The van der Waals surface area contributed by atoms with E-state index >= 15 is 0 Å². The number of aromatic nitrogens is 3. The molecule has 0 radical (unpaired) electrons. The molecule has 0 saturated carbocycles. The number of hydrogen-bond acceptors (Lipinski definition) is 4. The normalized spacial score (nSPS) is 10.7. The van der Waals surface area contributed by atoms with E-state index in [0.717, 1.165) is 13.1 Å². The van der Waals surface area contributed by atoms with Gasteiger partial charge >= 0.3 is 0 Å². The zero-order valence-electron chi connectivity index (χ0n) is 11.1. The van der Waals surface area contributed by atoms with Crippen molar-refractivity contribution in [2.45, 2.75) is 13.8 Å². The SMILES string of the molecule is CCN(CC)c1nc(Cl)nc(-c2cc(F)ccc2Cl)n1. The van der Waals surface area contributed by atoms with E-state index in [0.29, 0.717) is 16.5 Å².